The van der Waals surface area contributed by atoms with E-state index in [1.54, 1.807) is 36.2 Å². The first-order valence-corrected chi connectivity index (χ1v) is 21.8. The van der Waals surface area contributed by atoms with Crippen LogP contribution in [-0.2, 0) is 26.5 Å². The number of benzene rings is 4. The Balaban J connectivity index is 1.24. The number of amides is 3. The van der Waals surface area contributed by atoms with Crippen molar-refractivity contribution in [3.63, 3.8) is 0 Å². The van der Waals surface area contributed by atoms with E-state index in [-0.39, 0.29) is 54.8 Å². The highest BCUT2D eigenvalue weighted by molar-refractivity contribution is 6.91. The van der Waals surface area contributed by atoms with Crippen LogP contribution in [0.4, 0.5) is 11.4 Å². The minimum atomic E-state index is -2.48. The van der Waals surface area contributed by atoms with Gasteiger partial charge < -0.3 is 34.4 Å². The number of fused-ring (bicyclic) bond motifs is 2. The number of anilines is 2. The molecule has 0 bridgehead atoms. The topological polar surface area (TPSA) is 118 Å². The van der Waals surface area contributed by atoms with Crippen molar-refractivity contribution in [1.82, 2.24) is 4.90 Å². The average molecular weight is 748 g/mol. The Morgan fingerprint density at radius 2 is 1.63 bits per heavy atom. The van der Waals surface area contributed by atoms with E-state index in [9.17, 15) is 14.7 Å². The Kier molecular flexibility index (Phi) is 10.4. The van der Waals surface area contributed by atoms with Crippen molar-refractivity contribution in [2.24, 2.45) is 5.92 Å². The van der Waals surface area contributed by atoms with Gasteiger partial charge in [-0.05, 0) is 78.5 Å². The molecule has 2 fully saturated rings. The van der Waals surface area contributed by atoms with Crippen LogP contribution in [0.3, 0.4) is 0 Å². The summed E-state index contributed by atoms with van der Waals surface area (Å²) in [6.45, 7) is 7.50. The maximum atomic E-state index is 15.2. The van der Waals surface area contributed by atoms with E-state index in [4.69, 9.17) is 14.2 Å². The fourth-order valence-electron chi connectivity index (χ4n) is 9.09. The van der Waals surface area contributed by atoms with Crippen LogP contribution in [-0.4, -0.2) is 75.3 Å². The monoisotopic (exact) mass is 747 g/mol. The summed E-state index contributed by atoms with van der Waals surface area (Å²) in [6, 6.07) is 30.2. The molecular weight excluding hydrogens is 699 g/mol. The zero-order chi connectivity index (χ0) is 38.2. The van der Waals surface area contributed by atoms with Crippen molar-refractivity contribution in [3.05, 3.63) is 114 Å². The largest absolute Gasteiger partial charge is 0.497 e. The lowest BCUT2D eigenvalue weighted by Gasteiger charge is -2.37. The fourth-order valence-corrected chi connectivity index (χ4v) is 13.1. The van der Waals surface area contributed by atoms with Crippen LogP contribution in [0.1, 0.15) is 47.7 Å². The maximum Gasteiger partial charge on any atom is 0.264 e. The molecule has 10 nitrogen and oxygen atoms in total. The Bertz CT molecular complexity index is 2010. The molecule has 3 heterocycles. The lowest BCUT2D eigenvalue weighted by Crippen LogP contribution is -2.52. The molecule has 5 atom stereocenters. The van der Waals surface area contributed by atoms with E-state index in [0.717, 1.165) is 35.4 Å². The normalized spacial score (nSPS) is 23.5. The molecule has 0 radical (unpaired) electrons. The van der Waals surface area contributed by atoms with Gasteiger partial charge in [-0.15, -0.1) is 0 Å². The molecule has 2 N–H and O–H groups in total. The molecule has 0 saturated carbocycles. The molecule has 3 aliphatic heterocycles. The van der Waals surface area contributed by atoms with Gasteiger partial charge in [-0.25, -0.2) is 0 Å². The second-order valence-corrected chi connectivity index (χ2v) is 19.9. The molecule has 0 aromatic heterocycles. The Morgan fingerprint density at radius 3 is 2.30 bits per heavy atom. The van der Waals surface area contributed by atoms with Crippen LogP contribution in [0.15, 0.2) is 97.1 Å². The molecule has 4 aromatic carbocycles. The average Bonchev–Trinajstić information content (AvgIpc) is 3.86. The lowest BCUT2D eigenvalue weighted by atomic mass is 9.82. The molecule has 0 unspecified atom stereocenters. The number of aliphatic hydroxyl groups excluding tert-OH is 1. The number of carbonyl (C=O) groups excluding carboxylic acids is 3. The maximum absolute atomic E-state index is 15.2. The van der Waals surface area contributed by atoms with Gasteiger partial charge in [0.1, 0.15) is 11.5 Å². The number of rotatable bonds is 11. The van der Waals surface area contributed by atoms with Gasteiger partial charge in [-0.1, -0.05) is 67.7 Å². The quantitative estimate of drug-likeness (QED) is 0.178. The van der Waals surface area contributed by atoms with Crippen LogP contribution in [0, 0.1) is 5.92 Å². The molecular formula is C43H49N3O7Si. The number of nitrogens with one attached hydrogen (secondary N) is 1. The molecule has 7 rings (SSSR count). The third kappa shape index (κ3) is 6.58. The standard InChI is InChI=1S/C43H49N3O7Si/c1-28-40(54(4,5)35-20-17-33(51-2)18-21-35)38(25-39(48)45-23-9-12-32(45)27-47)53-43(28)36-24-34(52-3)19-22-37(36)46(42(43)50)26-29-13-15-31(16-14-29)44-41(49)30-10-7-6-8-11-30/h6-8,10-11,13-22,24,28,32,38,40,47H,9,12,23,25-27H2,1-5H3,(H,44,49)/t28-,32+,38+,40-,43+/m1/s1. The summed E-state index contributed by atoms with van der Waals surface area (Å²) < 4.78 is 18.4. The minimum absolute atomic E-state index is 0.0575. The van der Waals surface area contributed by atoms with Gasteiger partial charge in [0.05, 0.1) is 59.7 Å². The summed E-state index contributed by atoms with van der Waals surface area (Å²) >= 11 is 0. The van der Waals surface area contributed by atoms with E-state index in [0.29, 0.717) is 23.5 Å². The molecule has 11 heteroatoms. The molecule has 54 heavy (non-hydrogen) atoms. The SMILES string of the molecule is COc1ccc([Si](C)(C)[C@H]2[C@H](CC(=O)N3CCC[C@H]3CO)O[C@@]3(C(=O)N(Cc4ccc(NC(=O)c5ccccc5)cc4)c4ccc(OC)cc43)[C@@H]2C)cc1. The van der Waals surface area contributed by atoms with Crippen molar-refractivity contribution >= 4 is 42.4 Å². The predicted octanol–water partition coefficient (Wildman–Crippen LogP) is 6.09. The highest BCUT2D eigenvalue weighted by Crippen LogP contribution is 2.60. The molecule has 0 aliphatic carbocycles. The lowest BCUT2D eigenvalue weighted by molar-refractivity contribution is -0.150. The molecule has 3 amide bonds. The second kappa shape index (κ2) is 15.0. The number of hydrogen-bond acceptors (Lipinski definition) is 7. The van der Waals surface area contributed by atoms with Gasteiger partial charge in [-0.3, -0.25) is 14.4 Å². The second-order valence-electron chi connectivity index (χ2n) is 15.2. The Hall–Kier alpha value is -4.97. The van der Waals surface area contributed by atoms with Crippen LogP contribution in [0.5, 0.6) is 11.5 Å². The fraction of sp³-hybridized carbons (Fsp3) is 0.372. The van der Waals surface area contributed by atoms with Crippen LogP contribution < -0.4 is 24.9 Å². The summed E-state index contributed by atoms with van der Waals surface area (Å²) in [5.74, 6) is 0.649. The molecule has 4 aromatic rings. The molecule has 282 valence electrons. The molecule has 2 saturated heterocycles. The van der Waals surface area contributed by atoms with E-state index >= 15 is 4.79 Å². The number of aliphatic hydroxyl groups is 1. The van der Waals surface area contributed by atoms with Crippen LogP contribution >= 0.6 is 0 Å². The van der Waals surface area contributed by atoms with Crippen molar-refractivity contribution in [1.29, 1.82) is 0 Å². The van der Waals surface area contributed by atoms with E-state index in [1.165, 1.54) is 5.19 Å². The number of carbonyl (C=O) groups is 3. The van der Waals surface area contributed by atoms with Crippen molar-refractivity contribution < 1.29 is 33.7 Å². The van der Waals surface area contributed by atoms with Gasteiger partial charge in [-0.2, -0.15) is 0 Å². The number of methoxy groups -OCH3 is 2. The van der Waals surface area contributed by atoms with Gasteiger partial charge >= 0.3 is 0 Å². The van der Waals surface area contributed by atoms with Gasteiger partial charge in [0.2, 0.25) is 5.91 Å². The highest BCUT2D eigenvalue weighted by Gasteiger charge is 2.66. The highest BCUT2D eigenvalue weighted by atomic mass is 28.3. The van der Waals surface area contributed by atoms with Crippen LogP contribution in [0.25, 0.3) is 0 Å². The van der Waals surface area contributed by atoms with E-state index in [1.807, 2.05) is 72.8 Å². The number of hydrogen-bond donors (Lipinski definition) is 2. The zero-order valence-corrected chi connectivity index (χ0v) is 32.6. The predicted molar refractivity (Wildman–Crippen MR) is 211 cm³/mol. The number of ether oxygens (including phenoxy) is 3. The van der Waals surface area contributed by atoms with E-state index < -0.39 is 19.8 Å². The van der Waals surface area contributed by atoms with Crippen molar-refractivity contribution in [3.8, 4) is 11.5 Å². The zero-order valence-electron chi connectivity index (χ0n) is 31.6. The third-order valence-corrected chi connectivity index (χ3v) is 16.3. The first-order chi connectivity index (χ1) is 26.0. The summed E-state index contributed by atoms with van der Waals surface area (Å²) in [5, 5.41) is 14.2. The smallest absolute Gasteiger partial charge is 0.264 e. The van der Waals surface area contributed by atoms with Gasteiger partial charge in [0.15, 0.2) is 5.60 Å². The Labute approximate surface area is 318 Å². The summed E-state index contributed by atoms with van der Waals surface area (Å²) in [4.78, 5) is 45.7. The molecule has 3 aliphatic rings. The van der Waals surface area contributed by atoms with Crippen molar-refractivity contribution in [2.45, 2.75) is 69.1 Å². The third-order valence-electron chi connectivity index (χ3n) is 11.9. The number of likely N-dealkylation sites (tertiary alicyclic amines) is 1. The van der Waals surface area contributed by atoms with Crippen molar-refractivity contribution in [2.75, 3.05) is 37.6 Å². The minimum Gasteiger partial charge on any atom is -0.497 e. The first-order valence-electron chi connectivity index (χ1n) is 18.7. The van der Waals surface area contributed by atoms with Gasteiger partial charge in [0.25, 0.3) is 11.8 Å². The first kappa shape index (κ1) is 37.3. The summed E-state index contributed by atoms with van der Waals surface area (Å²) in [7, 11) is 0.773. The van der Waals surface area contributed by atoms with E-state index in [2.05, 4.69) is 37.5 Å². The van der Waals surface area contributed by atoms with Crippen LogP contribution in [0.2, 0.25) is 18.6 Å². The summed E-state index contributed by atoms with van der Waals surface area (Å²) in [6.07, 6.45) is 1.18. The number of nitrogens with zero attached hydrogens (tertiary/aromatic N) is 2. The Morgan fingerprint density at radius 1 is 0.944 bits per heavy atom. The summed E-state index contributed by atoms with van der Waals surface area (Å²) in [5.41, 5.74) is 2.09. The van der Waals surface area contributed by atoms with Gasteiger partial charge in [0, 0.05) is 29.3 Å². The molecule has 1 spiro atoms.